The monoisotopic (exact) mass is 304 g/mol. The van der Waals surface area contributed by atoms with Gasteiger partial charge in [-0.2, -0.15) is 0 Å². The highest BCUT2D eigenvalue weighted by molar-refractivity contribution is 5.97. The van der Waals surface area contributed by atoms with Gasteiger partial charge in [-0.15, -0.1) is 0 Å². The highest BCUT2D eigenvalue weighted by Gasteiger charge is 2.46. The zero-order chi connectivity index (χ0) is 15.6. The fourth-order valence-corrected chi connectivity index (χ4v) is 3.44. The van der Waals surface area contributed by atoms with Crippen LogP contribution in [-0.2, 0) is 9.47 Å². The molecule has 4 nitrogen and oxygen atoms in total. The molecule has 0 amide bonds. The number of ether oxygens (including phenoxy) is 2. The van der Waals surface area contributed by atoms with Crippen molar-refractivity contribution >= 4 is 5.78 Å². The first-order chi connectivity index (χ1) is 10.6. The van der Waals surface area contributed by atoms with Crippen molar-refractivity contribution in [3.05, 3.63) is 35.9 Å². The zero-order valence-electron chi connectivity index (χ0n) is 13.0. The van der Waals surface area contributed by atoms with Gasteiger partial charge >= 0.3 is 0 Å². The number of rotatable bonds is 4. The molecule has 1 N–H and O–H groups in total. The minimum Gasteiger partial charge on any atom is -0.390 e. The summed E-state index contributed by atoms with van der Waals surface area (Å²) in [5, 5.41) is 10.5. The van der Waals surface area contributed by atoms with Gasteiger partial charge in [0.05, 0.1) is 12.7 Å². The molecule has 120 valence electrons. The number of Topliss-reactive ketones (excluding diaryl/α,β-unsaturated/α-hetero) is 1. The maximum Gasteiger partial charge on any atom is 0.169 e. The van der Waals surface area contributed by atoms with Gasteiger partial charge in [-0.05, 0) is 12.8 Å². The molecule has 4 heteroatoms. The Hall–Kier alpha value is -1.23. The molecule has 2 unspecified atom stereocenters. The Bertz CT molecular complexity index is 507. The van der Waals surface area contributed by atoms with Gasteiger partial charge < -0.3 is 14.6 Å². The number of carbonyl (C=O) groups is 1. The van der Waals surface area contributed by atoms with E-state index in [0.29, 0.717) is 12.2 Å². The van der Waals surface area contributed by atoms with Crippen LogP contribution in [0.2, 0.25) is 0 Å². The summed E-state index contributed by atoms with van der Waals surface area (Å²) in [6, 6.07) is 9.09. The molecule has 22 heavy (non-hydrogen) atoms. The fraction of sp³-hybridized carbons (Fsp3) is 0.611. The fourth-order valence-electron chi connectivity index (χ4n) is 3.44. The second-order valence-corrected chi connectivity index (χ2v) is 6.45. The van der Waals surface area contributed by atoms with Gasteiger partial charge in [0, 0.05) is 24.3 Å². The molecule has 2 aliphatic rings. The van der Waals surface area contributed by atoms with E-state index in [0.717, 1.165) is 25.7 Å². The van der Waals surface area contributed by atoms with Crippen molar-refractivity contribution < 1.29 is 19.4 Å². The summed E-state index contributed by atoms with van der Waals surface area (Å²) in [5.74, 6) is -1.07. The van der Waals surface area contributed by atoms with E-state index >= 15 is 0 Å². The van der Waals surface area contributed by atoms with Gasteiger partial charge in [0.2, 0.25) is 0 Å². The molecule has 2 fully saturated rings. The predicted molar refractivity (Wildman–Crippen MR) is 82.6 cm³/mol. The van der Waals surface area contributed by atoms with Gasteiger partial charge in [0.1, 0.15) is 6.10 Å². The van der Waals surface area contributed by atoms with E-state index in [-0.39, 0.29) is 5.78 Å². The standard InChI is InChI=1S/C18H24O4/c1-13(16(19)14-8-4-2-5-9-14)17(20)15-12-21-18(22-15)10-6-3-7-11-18/h2,4-5,8-9,13,15,17,20H,3,6-7,10-12H2,1H3/t13?,15-,17?/m1/s1. The molecule has 1 aromatic carbocycles. The van der Waals surface area contributed by atoms with Gasteiger partial charge in [-0.25, -0.2) is 0 Å². The molecule has 1 heterocycles. The Labute approximate surface area is 131 Å². The third kappa shape index (κ3) is 3.09. The number of carbonyl (C=O) groups excluding carboxylic acids is 1. The van der Waals surface area contributed by atoms with Crippen LogP contribution in [-0.4, -0.2) is 35.5 Å². The smallest absolute Gasteiger partial charge is 0.169 e. The van der Waals surface area contributed by atoms with Crippen molar-refractivity contribution in [3.63, 3.8) is 0 Å². The lowest BCUT2D eigenvalue weighted by Gasteiger charge is -2.32. The van der Waals surface area contributed by atoms with Crippen molar-refractivity contribution in [1.29, 1.82) is 0 Å². The van der Waals surface area contributed by atoms with Crippen molar-refractivity contribution in [1.82, 2.24) is 0 Å². The molecule has 1 saturated heterocycles. The van der Waals surface area contributed by atoms with Crippen molar-refractivity contribution in [2.75, 3.05) is 6.61 Å². The lowest BCUT2D eigenvalue weighted by molar-refractivity contribution is -0.197. The summed E-state index contributed by atoms with van der Waals surface area (Å²) in [6.45, 7) is 2.13. The van der Waals surface area contributed by atoms with E-state index in [9.17, 15) is 9.90 Å². The Morgan fingerprint density at radius 1 is 1.23 bits per heavy atom. The lowest BCUT2D eigenvalue weighted by atomic mass is 9.91. The van der Waals surface area contributed by atoms with Crippen LogP contribution in [0.15, 0.2) is 30.3 Å². The summed E-state index contributed by atoms with van der Waals surface area (Å²) >= 11 is 0. The van der Waals surface area contributed by atoms with Crippen LogP contribution in [0.25, 0.3) is 0 Å². The molecular weight excluding hydrogens is 280 g/mol. The normalized spacial score (nSPS) is 26.7. The van der Waals surface area contributed by atoms with Crippen LogP contribution < -0.4 is 0 Å². The average Bonchev–Trinajstić information content (AvgIpc) is 2.97. The first kappa shape index (κ1) is 15.7. The second kappa shape index (κ2) is 6.49. The van der Waals surface area contributed by atoms with Gasteiger partial charge in [-0.1, -0.05) is 43.7 Å². The van der Waals surface area contributed by atoms with Crippen LogP contribution in [0, 0.1) is 5.92 Å². The highest BCUT2D eigenvalue weighted by atomic mass is 16.7. The maximum atomic E-state index is 12.5. The van der Waals surface area contributed by atoms with E-state index < -0.39 is 23.9 Å². The molecule has 0 aromatic heterocycles. The van der Waals surface area contributed by atoms with Crippen LogP contribution in [0.3, 0.4) is 0 Å². The summed E-state index contributed by atoms with van der Waals surface area (Å²) in [4.78, 5) is 12.5. The number of aliphatic hydroxyl groups is 1. The molecule has 1 spiro atoms. The SMILES string of the molecule is CC(C(=O)c1ccccc1)C(O)[C@H]1COC2(CCCCC2)O1. The summed E-state index contributed by atoms with van der Waals surface area (Å²) in [5.41, 5.74) is 0.625. The zero-order valence-corrected chi connectivity index (χ0v) is 13.0. The quantitative estimate of drug-likeness (QED) is 0.869. The van der Waals surface area contributed by atoms with E-state index in [4.69, 9.17) is 9.47 Å². The molecule has 1 aliphatic carbocycles. The predicted octanol–water partition coefficient (Wildman–Crippen LogP) is 2.94. The second-order valence-electron chi connectivity index (χ2n) is 6.45. The van der Waals surface area contributed by atoms with Crippen molar-refractivity contribution in [2.24, 2.45) is 5.92 Å². The molecule has 0 radical (unpaired) electrons. The lowest BCUT2D eigenvalue weighted by Crippen LogP contribution is -2.40. The Kier molecular flexibility index (Phi) is 4.62. The summed E-state index contributed by atoms with van der Waals surface area (Å²) in [7, 11) is 0. The molecule has 3 atom stereocenters. The van der Waals surface area contributed by atoms with Crippen LogP contribution in [0.5, 0.6) is 0 Å². The van der Waals surface area contributed by atoms with Crippen LogP contribution in [0.4, 0.5) is 0 Å². The first-order valence-corrected chi connectivity index (χ1v) is 8.20. The molecule has 1 aliphatic heterocycles. The van der Waals surface area contributed by atoms with E-state index in [2.05, 4.69) is 0 Å². The molecular formula is C18H24O4. The van der Waals surface area contributed by atoms with Gasteiger partial charge in [0.25, 0.3) is 0 Å². The van der Waals surface area contributed by atoms with Gasteiger partial charge in [0.15, 0.2) is 11.6 Å². The topological polar surface area (TPSA) is 55.8 Å². The summed E-state index contributed by atoms with van der Waals surface area (Å²) in [6.07, 6.45) is 3.93. The van der Waals surface area contributed by atoms with Crippen molar-refractivity contribution in [3.8, 4) is 0 Å². The summed E-state index contributed by atoms with van der Waals surface area (Å²) < 4.78 is 11.9. The number of aliphatic hydroxyl groups excluding tert-OH is 1. The number of ketones is 1. The number of hydrogen-bond acceptors (Lipinski definition) is 4. The minimum absolute atomic E-state index is 0.0544. The van der Waals surface area contributed by atoms with E-state index in [1.54, 1.807) is 19.1 Å². The molecule has 1 saturated carbocycles. The Morgan fingerprint density at radius 3 is 2.59 bits per heavy atom. The largest absolute Gasteiger partial charge is 0.390 e. The highest BCUT2D eigenvalue weighted by Crippen LogP contribution is 2.39. The molecule has 0 bridgehead atoms. The third-order valence-corrected chi connectivity index (χ3v) is 4.86. The Balaban J connectivity index is 1.64. The maximum absolute atomic E-state index is 12.5. The Morgan fingerprint density at radius 2 is 1.91 bits per heavy atom. The van der Waals surface area contributed by atoms with Gasteiger partial charge in [-0.3, -0.25) is 4.79 Å². The average molecular weight is 304 g/mol. The van der Waals surface area contributed by atoms with E-state index in [1.807, 2.05) is 18.2 Å². The minimum atomic E-state index is -0.839. The van der Waals surface area contributed by atoms with E-state index in [1.165, 1.54) is 6.42 Å². The van der Waals surface area contributed by atoms with Crippen molar-refractivity contribution in [2.45, 2.75) is 57.0 Å². The first-order valence-electron chi connectivity index (χ1n) is 8.20. The molecule has 1 aromatic rings. The van der Waals surface area contributed by atoms with Crippen LogP contribution >= 0.6 is 0 Å². The van der Waals surface area contributed by atoms with Crippen LogP contribution in [0.1, 0.15) is 49.4 Å². The number of hydrogen-bond donors (Lipinski definition) is 1. The number of benzene rings is 1. The molecule has 3 rings (SSSR count). The third-order valence-electron chi connectivity index (χ3n) is 4.86.